The SMILES string of the molecule is CCOC(=O)c1c(N)cnn1Cc1ccc(OC)cc1. The number of hydrogen-bond acceptors (Lipinski definition) is 5. The molecule has 0 fully saturated rings. The summed E-state index contributed by atoms with van der Waals surface area (Å²) in [5, 5.41) is 4.12. The van der Waals surface area contributed by atoms with Crippen LogP contribution in [0.15, 0.2) is 30.5 Å². The molecule has 106 valence electrons. The van der Waals surface area contributed by atoms with E-state index >= 15 is 0 Å². The minimum absolute atomic E-state index is 0.280. The number of anilines is 1. The van der Waals surface area contributed by atoms with E-state index in [1.807, 2.05) is 24.3 Å². The molecule has 0 aliphatic carbocycles. The number of nitrogens with zero attached hydrogens (tertiary/aromatic N) is 2. The molecule has 1 aromatic carbocycles. The predicted octanol–water partition coefficient (Wildman–Crippen LogP) is 1.70. The first-order chi connectivity index (χ1) is 9.65. The Morgan fingerprint density at radius 3 is 2.65 bits per heavy atom. The van der Waals surface area contributed by atoms with E-state index in [1.54, 1.807) is 14.0 Å². The maximum atomic E-state index is 11.9. The third kappa shape index (κ3) is 2.90. The number of nitrogen functional groups attached to an aromatic ring is 1. The molecule has 6 nitrogen and oxygen atoms in total. The van der Waals surface area contributed by atoms with Crippen LogP contribution in [0.1, 0.15) is 23.0 Å². The van der Waals surface area contributed by atoms with Crippen LogP contribution in [0, 0.1) is 0 Å². The number of benzene rings is 1. The summed E-state index contributed by atoms with van der Waals surface area (Å²) in [6, 6.07) is 7.52. The molecule has 1 heterocycles. The van der Waals surface area contributed by atoms with Crippen molar-refractivity contribution in [1.82, 2.24) is 9.78 Å². The van der Waals surface area contributed by atoms with Crippen molar-refractivity contribution < 1.29 is 14.3 Å². The Morgan fingerprint density at radius 2 is 2.05 bits per heavy atom. The van der Waals surface area contributed by atoms with Gasteiger partial charge in [0.05, 0.1) is 32.1 Å². The minimum atomic E-state index is -0.462. The van der Waals surface area contributed by atoms with Crippen molar-refractivity contribution in [3.63, 3.8) is 0 Å². The van der Waals surface area contributed by atoms with E-state index in [-0.39, 0.29) is 5.69 Å². The van der Waals surface area contributed by atoms with Crippen LogP contribution in [0.4, 0.5) is 5.69 Å². The second-order valence-electron chi connectivity index (χ2n) is 4.17. The summed E-state index contributed by atoms with van der Waals surface area (Å²) in [5.74, 6) is 0.315. The number of rotatable bonds is 5. The van der Waals surface area contributed by atoms with E-state index in [1.165, 1.54) is 10.9 Å². The van der Waals surface area contributed by atoms with E-state index in [2.05, 4.69) is 5.10 Å². The number of aromatic nitrogens is 2. The van der Waals surface area contributed by atoms with Crippen molar-refractivity contribution >= 4 is 11.7 Å². The molecule has 2 rings (SSSR count). The van der Waals surface area contributed by atoms with Gasteiger partial charge in [0, 0.05) is 0 Å². The standard InChI is InChI=1S/C14H17N3O3/c1-3-20-14(18)13-12(15)8-16-17(13)9-10-4-6-11(19-2)7-5-10/h4-8H,3,9,15H2,1-2H3. The molecule has 0 aliphatic heterocycles. The van der Waals surface area contributed by atoms with Crippen molar-refractivity contribution in [1.29, 1.82) is 0 Å². The average molecular weight is 275 g/mol. The maximum absolute atomic E-state index is 11.9. The van der Waals surface area contributed by atoms with Crippen molar-refractivity contribution in [2.75, 3.05) is 19.5 Å². The molecule has 0 radical (unpaired) electrons. The normalized spacial score (nSPS) is 10.3. The summed E-state index contributed by atoms with van der Waals surface area (Å²) in [6.45, 7) is 2.49. The second kappa shape index (κ2) is 6.10. The summed E-state index contributed by atoms with van der Waals surface area (Å²) in [7, 11) is 1.61. The van der Waals surface area contributed by atoms with Crippen LogP contribution < -0.4 is 10.5 Å². The Kier molecular flexibility index (Phi) is 4.24. The summed E-state index contributed by atoms with van der Waals surface area (Å²) in [5.41, 5.74) is 7.35. The number of hydrogen-bond donors (Lipinski definition) is 1. The largest absolute Gasteiger partial charge is 0.497 e. The number of carbonyl (C=O) groups excluding carboxylic acids is 1. The van der Waals surface area contributed by atoms with Gasteiger partial charge in [-0.15, -0.1) is 0 Å². The van der Waals surface area contributed by atoms with Crippen LogP contribution in [-0.4, -0.2) is 29.5 Å². The van der Waals surface area contributed by atoms with Crippen molar-refractivity contribution in [2.45, 2.75) is 13.5 Å². The first kappa shape index (κ1) is 13.9. The van der Waals surface area contributed by atoms with Gasteiger partial charge in [0.2, 0.25) is 0 Å². The fourth-order valence-corrected chi connectivity index (χ4v) is 1.85. The van der Waals surface area contributed by atoms with E-state index in [0.29, 0.717) is 18.8 Å². The first-order valence-electron chi connectivity index (χ1n) is 6.27. The van der Waals surface area contributed by atoms with Crippen LogP contribution in [0.2, 0.25) is 0 Å². The fourth-order valence-electron chi connectivity index (χ4n) is 1.85. The summed E-state index contributed by atoms with van der Waals surface area (Å²) >= 11 is 0. The van der Waals surface area contributed by atoms with Crippen molar-refractivity contribution in [2.24, 2.45) is 0 Å². The zero-order valence-electron chi connectivity index (χ0n) is 11.5. The lowest BCUT2D eigenvalue weighted by Gasteiger charge is -2.08. The van der Waals surface area contributed by atoms with Crippen LogP contribution in [0.5, 0.6) is 5.75 Å². The molecule has 0 saturated heterocycles. The van der Waals surface area contributed by atoms with Gasteiger partial charge in [-0.2, -0.15) is 5.10 Å². The third-order valence-electron chi connectivity index (χ3n) is 2.83. The molecule has 0 amide bonds. The highest BCUT2D eigenvalue weighted by atomic mass is 16.5. The number of ether oxygens (including phenoxy) is 2. The van der Waals surface area contributed by atoms with Gasteiger partial charge in [-0.1, -0.05) is 12.1 Å². The summed E-state index contributed by atoms with van der Waals surface area (Å²) in [6.07, 6.45) is 1.45. The molecule has 0 unspecified atom stereocenters. The van der Waals surface area contributed by atoms with E-state index in [0.717, 1.165) is 11.3 Å². The molecular weight excluding hydrogens is 258 g/mol. The smallest absolute Gasteiger partial charge is 0.358 e. The Hall–Kier alpha value is -2.50. The fraction of sp³-hybridized carbons (Fsp3) is 0.286. The zero-order valence-corrected chi connectivity index (χ0v) is 11.5. The quantitative estimate of drug-likeness (QED) is 0.840. The Labute approximate surface area is 117 Å². The van der Waals surface area contributed by atoms with Crippen LogP contribution in [0.25, 0.3) is 0 Å². The molecule has 0 spiro atoms. The zero-order chi connectivity index (χ0) is 14.5. The van der Waals surface area contributed by atoms with Gasteiger partial charge < -0.3 is 15.2 Å². The van der Waals surface area contributed by atoms with E-state index in [9.17, 15) is 4.79 Å². The topological polar surface area (TPSA) is 79.4 Å². The van der Waals surface area contributed by atoms with Crippen molar-refractivity contribution in [3.8, 4) is 5.75 Å². The summed E-state index contributed by atoms with van der Waals surface area (Å²) < 4.78 is 11.6. The monoisotopic (exact) mass is 275 g/mol. The Balaban J connectivity index is 2.22. The predicted molar refractivity (Wildman–Crippen MR) is 74.7 cm³/mol. The molecule has 0 aliphatic rings. The van der Waals surface area contributed by atoms with Gasteiger partial charge in [0.1, 0.15) is 5.75 Å². The molecular formula is C14H17N3O3. The molecule has 6 heteroatoms. The van der Waals surface area contributed by atoms with Gasteiger partial charge in [-0.3, -0.25) is 4.68 Å². The highest BCUT2D eigenvalue weighted by molar-refractivity contribution is 5.93. The van der Waals surface area contributed by atoms with Gasteiger partial charge in [0.15, 0.2) is 5.69 Å². The first-order valence-corrected chi connectivity index (χ1v) is 6.27. The minimum Gasteiger partial charge on any atom is -0.497 e. The number of nitrogens with two attached hydrogens (primary N) is 1. The van der Waals surface area contributed by atoms with Gasteiger partial charge >= 0.3 is 5.97 Å². The molecule has 0 bridgehead atoms. The Morgan fingerprint density at radius 1 is 1.35 bits per heavy atom. The number of esters is 1. The second-order valence-corrected chi connectivity index (χ2v) is 4.17. The number of carbonyl (C=O) groups is 1. The number of methoxy groups -OCH3 is 1. The van der Waals surface area contributed by atoms with Crippen molar-refractivity contribution in [3.05, 3.63) is 41.7 Å². The van der Waals surface area contributed by atoms with Crippen LogP contribution in [-0.2, 0) is 11.3 Å². The average Bonchev–Trinajstić information content (AvgIpc) is 2.81. The third-order valence-corrected chi connectivity index (χ3v) is 2.83. The summed E-state index contributed by atoms with van der Waals surface area (Å²) in [4.78, 5) is 11.9. The van der Waals surface area contributed by atoms with Crippen LogP contribution >= 0.6 is 0 Å². The molecule has 0 saturated carbocycles. The van der Waals surface area contributed by atoms with E-state index < -0.39 is 5.97 Å². The molecule has 0 atom stereocenters. The van der Waals surface area contributed by atoms with E-state index in [4.69, 9.17) is 15.2 Å². The lowest BCUT2D eigenvalue weighted by molar-refractivity contribution is 0.0514. The highest BCUT2D eigenvalue weighted by Crippen LogP contribution is 2.16. The van der Waals surface area contributed by atoms with Crippen LogP contribution in [0.3, 0.4) is 0 Å². The Bertz CT molecular complexity index is 590. The lowest BCUT2D eigenvalue weighted by Crippen LogP contribution is -2.15. The molecule has 2 aromatic rings. The highest BCUT2D eigenvalue weighted by Gasteiger charge is 2.18. The lowest BCUT2D eigenvalue weighted by atomic mass is 10.2. The molecule has 20 heavy (non-hydrogen) atoms. The van der Waals surface area contributed by atoms with Gasteiger partial charge in [-0.05, 0) is 24.6 Å². The van der Waals surface area contributed by atoms with Gasteiger partial charge in [0.25, 0.3) is 0 Å². The van der Waals surface area contributed by atoms with Gasteiger partial charge in [-0.25, -0.2) is 4.79 Å². The maximum Gasteiger partial charge on any atom is 0.358 e. The molecule has 1 aromatic heterocycles. The molecule has 2 N–H and O–H groups in total.